The molecule has 4 N–H and O–H groups in total. The number of carbonyl (C=O) groups excluding carboxylic acids is 2. The summed E-state index contributed by atoms with van der Waals surface area (Å²) in [4.78, 5) is 38.7. The molecule has 0 spiro atoms. The van der Waals surface area contributed by atoms with Crippen molar-refractivity contribution >= 4 is 35.0 Å². The van der Waals surface area contributed by atoms with Gasteiger partial charge in [0.2, 0.25) is 5.91 Å². The number of ether oxygens (including phenoxy) is 1. The second-order valence-corrected chi connectivity index (χ2v) is 8.60. The Hall–Kier alpha value is -3.27. The van der Waals surface area contributed by atoms with Crippen molar-refractivity contribution in [3.8, 4) is 5.75 Å². The number of hydrogen-bond donors (Lipinski definition) is 3. The molecule has 1 amide bonds. The van der Waals surface area contributed by atoms with Crippen LogP contribution in [0.1, 0.15) is 46.8 Å². The third kappa shape index (κ3) is 5.70. The third-order valence-electron chi connectivity index (χ3n) is 5.34. The van der Waals surface area contributed by atoms with Crippen LogP contribution in [0.2, 0.25) is 0 Å². The van der Waals surface area contributed by atoms with E-state index in [1.54, 1.807) is 12.1 Å². The predicted octanol–water partition coefficient (Wildman–Crippen LogP) is 3.28. The summed E-state index contributed by atoms with van der Waals surface area (Å²) in [7, 11) is 1.46. The molecule has 2 rings (SSSR count). The van der Waals surface area contributed by atoms with Crippen molar-refractivity contribution in [3.05, 3.63) is 51.5 Å². The number of amidine groups is 1. The zero-order valence-corrected chi connectivity index (χ0v) is 18.9. The molecule has 0 unspecified atom stereocenters. The van der Waals surface area contributed by atoms with Crippen LogP contribution in [0.3, 0.4) is 0 Å². The summed E-state index contributed by atoms with van der Waals surface area (Å²) in [5, 5.41) is 16.3. The lowest BCUT2D eigenvalue weighted by atomic mass is 9.77. The van der Waals surface area contributed by atoms with Crippen molar-refractivity contribution in [1.82, 2.24) is 4.90 Å². The summed E-state index contributed by atoms with van der Waals surface area (Å²) in [6, 6.07) is 6.90. The van der Waals surface area contributed by atoms with Gasteiger partial charge < -0.3 is 20.5 Å². The lowest BCUT2D eigenvalue weighted by Crippen LogP contribution is -2.44. The summed E-state index contributed by atoms with van der Waals surface area (Å²) in [6.45, 7) is 3.36. The number of hydrogen-bond acceptors (Lipinski definition) is 6. The number of nitrogens with one attached hydrogen (secondary N) is 1. The van der Waals surface area contributed by atoms with E-state index >= 15 is 0 Å². The van der Waals surface area contributed by atoms with Crippen molar-refractivity contribution < 1.29 is 28.6 Å². The first-order valence-electron chi connectivity index (χ1n) is 9.95. The molecule has 172 valence electrons. The minimum atomic E-state index is -1.09. The number of nitrogen functional groups attached to an aromatic ring is 1. The molecule has 0 aliphatic rings. The minimum absolute atomic E-state index is 0.0191. The number of thiophene rings is 1. The van der Waals surface area contributed by atoms with Gasteiger partial charge in [-0.1, -0.05) is 13.8 Å². The topological polar surface area (TPSA) is 134 Å². The fraction of sp³-hybridized carbons (Fsp3) is 0.364. The number of aliphatic carboxylic acids is 1. The van der Waals surface area contributed by atoms with Gasteiger partial charge in [-0.05, 0) is 43.5 Å². The minimum Gasteiger partial charge on any atom is -0.480 e. The first-order valence-corrected chi connectivity index (χ1v) is 10.8. The smallest absolute Gasteiger partial charge is 0.353 e. The second kappa shape index (κ2) is 10.4. The quantitative estimate of drug-likeness (QED) is 0.214. The second-order valence-electron chi connectivity index (χ2n) is 7.43. The first-order chi connectivity index (χ1) is 15.0. The Morgan fingerprint density at radius 2 is 1.88 bits per heavy atom. The molecule has 8 nitrogen and oxygen atoms in total. The summed E-state index contributed by atoms with van der Waals surface area (Å²) in [6.07, 6.45) is 1.36. The number of carboxylic acid groups (broad SMARTS) is 1. The zero-order valence-electron chi connectivity index (χ0n) is 18.1. The molecule has 1 aromatic carbocycles. The summed E-state index contributed by atoms with van der Waals surface area (Å²) >= 11 is 1.16. The van der Waals surface area contributed by atoms with Gasteiger partial charge in [0.15, 0.2) is 0 Å². The van der Waals surface area contributed by atoms with Crippen LogP contribution in [0.4, 0.5) is 4.39 Å². The number of rotatable bonds is 10. The fourth-order valence-corrected chi connectivity index (χ4v) is 4.44. The van der Waals surface area contributed by atoms with Gasteiger partial charge in [0.05, 0.1) is 11.0 Å². The summed E-state index contributed by atoms with van der Waals surface area (Å²) in [5.74, 6) is -3.24. The maximum atomic E-state index is 14.0. The molecule has 32 heavy (non-hydrogen) atoms. The molecule has 2 aromatic rings. The number of carbonyl (C=O) groups is 3. The summed E-state index contributed by atoms with van der Waals surface area (Å²) < 4.78 is 19.2. The molecule has 0 bridgehead atoms. The number of nitrogens with two attached hydrogens (primary N) is 1. The van der Waals surface area contributed by atoms with E-state index in [-0.39, 0.29) is 28.6 Å². The van der Waals surface area contributed by atoms with Crippen molar-refractivity contribution in [3.63, 3.8) is 0 Å². The van der Waals surface area contributed by atoms with Crippen molar-refractivity contribution in [2.24, 2.45) is 11.1 Å². The maximum Gasteiger partial charge on any atom is 0.353 e. The van der Waals surface area contributed by atoms with E-state index in [0.717, 1.165) is 22.3 Å². The number of esters is 1. The average Bonchev–Trinajstić information content (AvgIpc) is 3.19. The average molecular weight is 464 g/mol. The normalized spacial score (nSPS) is 11.1. The Kier molecular flexibility index (Phi) is 8.09. The number of carboxylic acids is 1. The van der Waals surface area contributed by atoms with E-state index in [1.165, 1.54) is 24.1 Å². The van der Waals surface area contributed by atoms with Gasteiger partial charge in [-0.3, -0.25) is 15.0 Å². The number of halogens is 1. The van der Waals surface area contributed by atoms with E-state index in [2.05, 4.69) is 0 Å². The molecular weight excluding hydrogens is 437 g/mol. The molecule has 0 aliphatic heterocycles. The van der Waals surface area contributed by atoms with Gasteiger partial charge in [0, 0.05) is 18.0 Å². The molecular formula is C22H26FN3O5S. The van der Waals surface area contributed by atoms with E-state index in [4.69, 9.17) is 21.0 Å². The van der Waals surface area contributed by atoms with Gasteiger partial charge in [-0.25, -0.2) is 9.18 Å². The number of benzene rings is 1. The van der Waals surface area contributed by atoms with Gasteiger partial charge in [0.1, 0.15) is 28.8 Å². The highest BCUT2D eigenvalue weighted by atomic mass is 32.1. The van der Waals surface area contributed by atoms with Crippen LogP contribution in [0, 0.1) is 16.6 Å². The Bertz CT molecular complexity index is 1030. The van der Waals surface area contributed by atoms with Crippen LogP contribution >= 0.6 is 11.3 Å². The Labute approximate surface area is 189 Å². The van der Waals surface area contributed by atoms with Gasteiger partial charge in [0.25, 0.3) is 0 Å². The molecule has 1 heterocycles. The highest BCUT2D eigenvalue weighted by Gasteiger charge is 2.38. The Morgan fingerprint density at radius 1 is 1.22 bits per heavy atom. The van der Waals surface area contributed by atoms with Crippen LogP contribution in [-0.2, 0) is 16.0 Å². The maximum absolute atomic E-state index is 14.0. The molecule has 0 atom stereocenters. The van der Waals surface area contributed by atoms with Crippen LogP contribution < -0.4 is 10.5 Å². The zero-order chi connectivity index (χ0) is 24.1. The van der Waals surface area contributed by atoms with Crippen molar-refractivity contribution in [1.29, 1.82) is 5.41 Å². The molecule has 1 aromatic heterocycles. The highest BCUT2D eigenvalue weighted by Crippen LogP contribution is 2.35. The third-order valence-corrected chi connectivity index (χ3v) is 6.41. The Morgan fingerprint density at radius 3 is 2.41 bits per heavy atom. The molecule has 0 saturated heterocycles. The largest absolute Gasteiger partial charge is 0.480 e. The van der Waals surface area contributed by atoms with Crippen LogP contribution in [0.5, 0.6) is 5.75 Å². The first kappa shape index (κ1) is 25.0. The van der Waals surface area contributed by atoms with Crippen LogP contribution in [0.15, 0.2) is 30.3 Å². The summed E-state index contributed by atoms with van der Waals surface area (Å²) in [5.41, 5.74) is 4.40. The van der Waals surface area contributed by atoms with Crippen LogP contribution in [-0.4, -0.2) is 47.3 Å². The number of nitrogens with zero attached hydrogens (tertiary/aromatic N) is 1. The van der Waals surface area contributed by atoms with E-state index < -0.39 is 29.0 Å². The molecule has 0 radical (unpaired) electrons. The van der Waals surface area contributed by atoms with Crippen molar-refractivity contribution in [2.45, 2.75) is 33.1 Å². The highest BCUT2D eigenvalue weighted by molar-refractivity contribution is 7.14. The lowest BCUT2D eigenvalue weighted by Gasteiger charge is -2.33. The molecule has 0 saturated carbocycles. The SMILES string of the molecule is CCC(CC)(Cc1ccc(C(=O)Oc2ccc(C(=N)N)c(F)c2)s1)C(=O)N(C)CC(=O)O. The molecule has 10 heteroatoms. The predicted molar refractivity (Wildman–Crippen MR) is 119 cm³/mol. The lowest BCUT2D eigenvalue weighted by molar-refractivity contribution is -0.149. The van der Waals surface area contributed by atoms with E-state index in [1.807, 2.05) is 13.8 Å². The standard InChI is InChI=1S/C22H26FN3O5S/c1-4-22(5-2,21(30)26(3)12-18(27)28)11-14-7-9-17(32-14)20(29)31-13-6-8-15(19(24)25)16(23)10-13/h6-10H,4-5,11-12H2,1-3H3,(H3,24,25)(H,27,28). The van der Waals surface area contributed by atoms with Crippen LogP contribution in [0.25, 0.3) is 0 Å². The fourth-order valence-electron chi connectivity index (χ4n) is 3.41. The van der Waals surface area contributed by atoms with Gasteiger partial charge in [-0.15, -0.1) is 11.3 Å². The van der Waals surface area contributed by atoms with Gasteiger partial charge in [-0.2, -0.15) is 0 Å². The molecule has 0 aliphatic carbocycles. The van der Waals surface area contributed by atoms with Gasteiger partial charge >= 0.3 is 11.9 Å². The van der Waals surface area contributed by atoms with E-state index in [0.29, 0.717) is 19.3 Å². The monoisotopic (exact) mass is 463 g/mol. The number of likely N-dealkylation sites (N-methyl/N-ethyl adjacent to an activating group) is 1. The molecule has 0 fully saturated rings. The van der Waals surface area contributed by atoms with E-state index in [9.17, 15) is 18.8 Å². The van der Waals surface area contributed by atoms with Crippen molar-refractivity contribution in [2.75, 3.05) is 13.6 Å². The Balaban J connectivity index is 2.17. The number of amides is 1.